The summed E-state index contributed by atoms with van der Waals surface area (Å²) < 4.78 is 10.6. The second-order valence-corrected chi connectivity index (χ2v) is 4.99. The van der Waals surface area contributed by atoms with Gasteiger partial charge >= 0.3 is 0 Å². The first-order valence-electron chi connectivity index (χ1n) is 6.82. The van der Waals surface area contributed by atoms with Crippen LogP contribution >= 0.6 is 0 Å². The van der Waals surface area contributed by atoms with Gasteiger partial charge in [0.05, 0.1) is 20.6 Å². The lowest BCUT2D eigenvalue weighted by Gasteiger charge is -2.17. The molecule has 0 saturated carbocycles. The number of imide groups is 1. The summed E-state index contributed by atoms with van der Waals surface area (Å²) >= 11 is 0. The molecule has 22 heavy (non-hydrogen) atoms. The van der Waals surface area contributed by atoms with E-state index in [1.807, 2.05) is 30.3 Å². The van der Waals surface area contributed by atoms with Crippen molar-refractivity contribution in [1.29, 1.82) is 0 Å². The smallest absolute Gasteiger partial charge is 0.258 e. The van der Waals surface area contributed by atoms with Gasteiger partial charge < -0.3 is 9.47 Å². The van der Waals surface area contributed by atoms with Crippen LogP contribution in [0.3, 0.4) is 0 Å². The third kappa shape index (κ3) is 2.41. The summed E-state index contributed by atoms with van der Waals surface area (Å²) in [6.07, 6.45) is 0.196. The molecule has 0 saturated heterocycles. The van der Waals surface area contributed by atoms with Gasteiger partial charge in [-0.1, -0.05) is 6.07 Å². The molecule has 3 rings (SSSR count). The van der Waals surface area contributed by atoms with Crippen molar-refractivity contribution in [3.63, 3.8) is 0 Å². The minimum atomic E-state index is -0.351. The molecule has 5 heteroatoms. The van der Waals surface area contributed by atoms with Crippen LogP contribution in [0, 0.1) is 0 Å². The number of hydrogen-bond acceptors (Lipinski definition) is 4. The van der Waals surface area contributed by atoms with E-state index < -0.39 is 0 Å². The van der Waals surface area contributed by atoms with Gasteiger partial charge in [0.15, 0.2) is 0 Å². The van der Waals surface area contributed by atoms with Gasteiger partial charge in [-0.25, -0.2) is 0 Å². The Kier molecular flexibility index (Phi) is 3.55. The molecule has 1 aliphatic heterocycles. The van der Waals surface area contributed by atoms with E-state index in [4.69, 9.17) is 9.47 Å². The third-order valence-corrected chi connectivity index (χ3v) is 3.67. The Labute approximate surface area is 127 Å². The fourth-order valence-electron chi connectivity index (χ4n) is 2.58. The molecule has 0 aromatic heterocycles. The number of amides is 2. The van der Waals surface area contributed by atoms with Crippen molar-refractivity contribution in [2.24, 2.45) is 0 Å². The van der Waals surface area contributed by atoms with Crippen molar-refractivity contribution in [3.05, 3.63) is 47.5 Å². The Morgan fingerprint density at radius 3 is 2.50 bits per heavy atom. The minimum Gasteiger partial charge on any atom is -0.497 e. The molecule has 0 bridgehead atoms. The van der Waals surface area contributed by atoms with Crippen molar-refractivity contribution < 1.29 is 19.1 Å². The van der Waals surface area contributed by atoms with E-state index in [0.717, 1.165) is 16.7 Å². The average molecular weight is 297 g/mol. The number of ether oxygens (including phenoxy) is 2. The van der Waals surface area contributed by atoms with Crippen LogP contribution < -0.4 is 14.8 Å². The first kappa shape index (κ1) is 14.1. The fraction of sp³-hybridized carbons (Fsp3) is 0.176. The first-order chi connectivity index (χ1) is 10.6. The van der Waals surface area contributed by atoms with E-state index in [1.54, 1.807) is 20.3 Å². The standard InChI is InChI=1S/C17H15NO4/c1-21-12-4-6-15(22-2)14(9-12)10-3-5-13-11(7-10)8-16(19)18-17(13)20/h3-7,9H,8H2,1-2H3,(H,18,19,20). The van der Waals surface area contributed by atoms with Crippen LogP contribution in [0.4, 0.5) is 0 Å². The van der Waals surface area contributed by atoms with E-state index >= 15 is 0 Å². The van der Waals surface area contributed by atoms with Crippen LogP contribution in [-0.4, -0.2) is 26.0 Å². The SMILES string of the molecule is COc1ccc(OC)c(-c2ccc3c(c2)CC(=O)NC3=O)c1. The van der Waals surface area contributed by atoms with Crippen molar-refractivity contribution in [2.75, 3.05) is 14.2 Å². The van der Waals surface area contributed by atoms with Crippen molar-refractivity contribution >= 4 is 11.8 Å². The van der Waals surface area contributed by atoms with Crippen LogP contribution in [0.2, 0.25) is 0 Å². The van der Waals surface area contributed by atoms with Gasteiger partial charge in [-0.15, -0.1) is 0 Å². The van der Waals surface area contributed by atoms with E-state index in [0.29, 0.717) is 17.1 Å². The number of carbonyl (C=O) groups excluding carboxylic acids is 2. The second kappa shape index (κ2) is 5.52. The monoisotopic (exact) mass is 297 g/mol. The van der Waals surface area contributed by atoms with Crippen molar-refractivity contribution in [3.8, 4) is 22.6 Å². The lowest BCUT2D eigenvalue weighted by atomic mass is 9.94. The van der Waals surface area contributed by atoms with Crippen molar-refractivity contribution in [1.82, 2.24) is 5.32 Å². The summed E-state index contributed by atoms with van der Waals surface area (Å²) in [5, 5.41) is 2.31. The van der Waals surface area contributed by atoms with E-state index in [1.165, 1.54) is 0 Å². The number of carbonyl (C=O) groups is 2. The lowest BCUT2D eigenvalue weighted by molar-refractivity contribution is -0.119. The van der Waals surface area contributed by atoms with Crippen LogP contribution in [0.1, 0.15) is 15.9 Å². The number of nitrogens with one attached hydrogen (secondary N) is 1. The summed E-state index contributed by atoms with van der Waals surface area (Å²) in [6, 6.07) is 10.9. The molecule has 0 aliphatic carbocycles. The quantitative estimate of drug-likeness (QED) is 0.882. The number of methoxy groups -OCH3 is 2. The highest BCUT2D eigenvalue weighted by Gasteiger charge is 2.22. The lowest BCUT2D eigenvalue weighted by Crippen LogP contribution is -2.37. The number of benzene rings is 2. The first-order valence-corrected chi connectivity index (χ1v) is 6.82. The summed E-state index contributed by atoms with van der Waals surface area (Å²) in [5.41, 5.74) is 2.97. The summed E-state index contributed by atoms with van der Waals surface area (Å²) in [6.45, 7) is 0. The highest BCUT2D eigenvalue weighted by molar-refractivity contribution is 6.10. The number of fused-ring (bicyclic) bond motifs is 1. The van der Waals surface area contributed by atoms with Gasteiger partial charge in [0, 0.05) is 11.1 Å². The zero-order valence-corrected chi connectivity index (χ0v) is 12.3. The van der Waals surface area contributed by atoms with E-state index in [-0.39, 0.29) is 18.2 Å². The molecule has 2 aromatic carbocycles. The van der Waals surface area contributed by atoms with E-state index in [2.05, 4.69) is 5.32 Å². The van der Waals surface area contributed by atoms with Gasteiger partial charge in [0.1, 0.15) is 11.5 Å². The van der Waals surface area contributed by atoms with Gasteiger partial charge in [-0.05, 0) is 41.5 Å². The van der Waals surface area contributed by atoms with Gasteiger partial charge in [-0.2, -0.15) is 0 Å². The molecule has 112 valence electrons. The van der Waals surface area contributed by atoms with Gasteiger partial charge in [0.2, 0.25) is 5.91 Å². The largest absolute Gasteiger partial charge is 0.497 e. The fourth-order valence-corrected chi connectivity index (χ4v) is 2.58. The molecule has 1 aliphatic rings. The molecule has 2 aromatic rings. The molecule has 0 fully saturated rings. The molecule has 1 N–H and O–H groups in total. The molecule has 1 heterocycles. The highest BCUT2D eigenvalue weighted by Crippen LogP contribution is 2.34. The van der Waals surface area contributed by atoms with E-state index in [9.17, 15) is 9.59 Å². The summed E-state index contributed by atoms with van der Waals surface area (Å²) in [4.78, 5) is 23.3. The normalized spacial score (nSPS) is 13.4. The molecular formula is C17H15NO4. The maximum absolute atomic E-state index is 11.8. The van der Waals surface area contributed by atoms with Gasteiger partial charge in [0.25, 0.3) is 5.91 Å². The predicted molar refractivity (Wildman–Crippen MR) is 81.2 cm³/mol. The topological polar surface area (TPSA) is 64.6 Å². The third-order valence-electron chi connectivity index (χ3n) is 3.67. The summed E-state index contributed by atoms with van der Waals surface area (Å²) in [7, 11) is 3.20. The molecule has 0 atom stereocenters. The molecule has 0 spiro atoms. The van der Waals surface area contributed by atoms with Gasteiger partial charge in [-0.3, -0.25) is 14.9 Å². The Morgan fingerprint density at radius 2 is 1.77 bits per heavy atom. The maximum atomic E-state index is 11.8. The number of rotatable bonds is 3. The Bertz CT molecular complexity index is 767. The summed E-state index contributed by atoms with van der Waals surface area (Å²) in [5.74, 6) is 0.775. The Morgan fingerprint density at radius 1 is 0.955 bits per heavy atom. The predicted octanol–water partition coefficient (Wildman–Crippen LogP) is 2.18. The average Bonchev–Trinajstić information content (AvgIpc) is 2.53. The molecule has 0 unspecified atom stereocenters. The minimum absolute atomic E-state index is 0.196. The Hall–Kier alpha value is -2.82. The second-order valence-electron chi connectivity index (χ2n) is 4.99. The van der Waals surface area contributed by atoms with Crippen LogP contribution in [-0.2, 0) is 11.2 Å². The van der Waals surface area contributed by atoms with Crippen LogP contribution in [0.25, 0.3) is 11.1 Å². The van der Waals surface area contributed by atoms with Crippen LogP contribution in [0.15, 0.2) is 36.4 Å². The highest BCUT2D eigenvalue weighted by atomic mass is 16.5. The molecule has 5 nitrogen and oxygen atoms in total. The number of hydrogen-bond donors (Lipinski definition) is 1. The van der Waals surface area contributed by atoms with Crippen molar-refractivity contribution in [2.45, 2.75) is 6.42 Å². The zero-order valence-electron chi connectivity index (χ0n) is 12.3. The molecule has 2 amide bonds. The Balaban J connectivity index is 2.12. The van der Waals surface area contributed by atoms with Crippen LogP contribution in [0.5, 0.6) is 11.5 Å². The molecular weight excluding hydrogens is 282 g/mol. The zero-order chi connectivity index (χ0) is 15.7. The maximum Gasteiger partial charge on any atom is 0.258 e. The molecule has 0 radical (unpaired) electrons.